The lowest BCUT2D eigenvalue weighted by atomic mass is 10.0. The van der Waals surface area contributed by atoms with Gasteiger partial charge in [0.2, 0.25) is 0 Å². The molecule has 2 heterocycles. The zero-order chi connectivity index (χ0) is 24.2. The Balaban J connectivity index is 1.62. The summed E-state index contributed by atoms with van der Waals surface area (Å²) in [5, 5.41) is 6.62. The predicted molar refractivity (Wildman–Crippen MR) is 138 cm³/mol. The molecule has 2 fully saturated rings. The van der Waals surface area contributed by atoms with Gasteiger partial charge in [-0.1, -0.05) is 28.1 Å². The van der Waals surface area contributed by atoms with Crippen molar-refractivity contribution >= 4 is 33.2 Å². The van der Waals surface area contributed by atoms with Crippen molar-refractivity contribution < 1.29 is 13.9 Å². The number of amides is 1. The Morgan fingerprint density at radius 1 is 1.18 bits per heavy atom. The number of ether oxygens (including phenoxy) is 1. The number of benzene rings is 2. The normalized spacial score (nSPS) is 18.6. The average Bonchev–Trinajstić information content (AvgIpc) is 2.83. The lowest BCUT2D eigenvalue weighted by molar-refractivity contribution is 0.0940. The molecule has 1 amide bonds. The SMILES string of the molecule is Cc1c(Br)cccc1[C@@H](C)NC(=O)c1cc(N2CCOCC2)c(F)cc1NC1CCN(C)CC1. The van der Waals surface area contributed by atoms with E-state index in [1.807, 2.05) is 36.9 Å². The minimum absolute atomic E-state index is 0.196. The van der Waals surface area contributed by atoms with E-state index in [4.69, 9.17) is 4.74 Å². The molecule has 2 aromatic rings. The van der Waals surface area contributed by atoms with Gasteiger partial charge in [-0.15, -0.1) is 0 Å². The van der Waals surface area contributed by atoms with E-state index in [9.17, 15) is 4.79 Å². The molecule has 1 atom stereocenters. The molecule has 2 aliphatic heterocycles. The molecule has 0 saturated carbocycles. The molecule has 0 radical (unpaired) electrons. The Morgan fingerprint density at radius 2 is 1.88 bits per heavy atom. The van der Waals surface area contributed by atoms with Crippen LogP contribution in [-0.2, 0) is 4.74 Å². The van der Waals surface area contributed by atoms with E-state index in [0.717, 1.165) is 41.5 Å². The Labute approximate surface area is 210 Å². The van der Waals surface area contributed by atoms with Gasteiger partial charge in [0.15, 0.2) is 0 Å². The van der Waals surface area contributed by atoms with E-state index in [0.29, 0.717) is 43.2 Å². The third-order valence-electron chi connectivity index (χ3n) is 6.89. The molecule has 8 heteroatoms. The number of hydrogen-bond acceptors (Lipinski definition) is 5. The highest BCUT2D eigenvalue weighted by Gasteiger charge is 2.25. The van der Waals surface area contributed by atoms with Crippen LogP contribution in [0.1, 0.15) is 47.3 Å². The summed E-state index contributed by atoms with van der Waals surface area (Å²) < 4.78 is 21.7. The molecule has 4 rings (SSSR count). The molecule has 2 aliphatic rings. The molecular formula is C26H34BrFN4O2. The van der Waals surface area contributed by atoms with E-state index >= 15 is 4.39 Å². The summed E-state index contributed by atoms with van der Waals surface area (Å²) in [5.41, 5.74) is 3.62. The average molecular weight is 533 g/mol. The van der Waals surface area contributed by atoms with Gasteiger partial charge < -0.3 is 25.2 Å². The highest BCUT2D eigenvalue weighted by Crippen LogP contribution is 2.31. The standard InChI is InChI=1S/C26H34BrFN4O2/c1-17-20(5-4-6-22(17)27)18(2)29-26(33)21-15-25(32-11-13-34-14-12-32)23(28)16-24(21)30-19-7-9-31(3)10-8-19/h4-6,15-16,18-19,30H,7-14H2,1-3H3,(H,29,33)/t18-/m1/s1. The Hall–Kier alpha value is -2.16. The van der Waals surface area contributed by atoms with Crippen molar-refractivity contribution in [1.29, 1.82) is 0 Å². The second-order valence-electron chi connectivity index (χ2n) is 9.32. The van der Waals surface area contributed by atoms with Crippen molar-refractivity contribution in [2.24, 2.45) is 0 Å². The van der Waals surface area contributed by atoms with Gasteiger partial charge in [0.1, 0.15) is 5.82 Å². The largest absolute Gasteiger partial charge is 0.381 e. The highest BCUT2D eigenvalue weighted by molar-refractivity contribution is 9.10. The number of carbonyl (C=O) groups is 1. The second kappa shape index (κ2) is 11.1. The van der Waals surface area contributed by atoms with Gasteiger partial charge in [-0.3, -0.25) is 4.79 Å². The summed E-state index contributed by atoms with van der Waals surface area (Å²) >= 11 is 3.57. The Bertz CT molecular complexity index is 1020. The number of hydrogen-bond donors (Lipinski definition) is 2. The summed E-state index contributed by atoms with van der Waals surface area (Å²) in [7, 11) is 2.11. The smallest absolute Gasteiger partial charge is 0.253 e. The number of carbonyl (C=O) groups excluding carboxylic acids is 1. The van der Waals surface area contributed by atoms with Gasteiger partial charge in [-0.25, -0.2) is 4.39 Å². The number of anilines is 2. The first-order chi connectivity index (χ1) is 16.3. The van der Waals surface area contributed by atoms with E-state index in [2.05, 4.69) is 38.5 Å². The first kappa shape index (κ1) is 24.9. The molecule has 0 aliphatic carbocycles. The first-order valence-corrected chi connectivity index (χ1v) is 12.8. The van der Waals surface area contributed by atoms with Gasteiger partial charge in [-0.2, -0.15) is 0 Å². The van der Waals surface area contributed by atoms with Crippen LogP contribution < -0.4 is 15.5 Å². The van der Waals surface area contributed by atoms with Crippen LogP contribution in [0.4, 0.5) is 15.8 Å². The summed E-state index contributed by atoms with van der Waals surface area (Å²) in [6.07, 6.45) is 1.91. The van der Waals surface area contributed by atoms with Gasteiger partial charge in [0.25, 0.3) is 5.91 Å². The van der Waals surface area contributed by atoms with Crippen LogP contribution in [0.5, 0.6) is 0 Å². The topological polar surface area (TPSA) is 56.8 Å². The van der Waals surface area contributed by atoms with Crippen molar-refractivity contribution in [3.63, 3.8) is 0 Å². The van der Waals surface area contributed by atoms with Crippen molar-refractivity contribution in [3.8, 4) is 0 Å². The van der Waals surface area contributed by atoms with Crippen molar-refractivity contribution in [1.82, 2.24) is 10.2 Å². The van der Waals surface area contributed by atoms with Crippen LogP contribution in [0.3, 0.4) is 0 Å². The van der Waals surface area contributed by atoms with Crippen molar-refractivity contribution in [2.45, 2.75) is 38.8 Å². The summed E-state index contributed by atoms with van der Waals surface area (Å²) in [5.74, 6) is -0.526. The minimum atomic E-state index is -0.315. The number of nitrogens with one attached hydrogen (secondary N) is 2. The maximum Gasteiger partial charge on any atom is 0.253 e. The zero-order valence-electron chi connectivity index (χ0n) is 20.2. The van der Waals surface area contributed by atoms with Crippen molar-refractivity contribution in [3.05, 3.63) is 57.3 Å². The number of piperidine rings is 1. The zero-order valence-corrected chi connectivity index (χ0v) is 21.8. The quantitative estimate of drug-likeness (QED) is 0.563. The molecule has 34 heavy (non-hydrogen) atoms. The summed E-state index contributed by atoms with van der Waals surface area (Å²) in [6, 6.07) is 9.19. The fourth-order valence-corrected chi connectivity index (χ4v) is 5.12. The van der Waals surface area contributed by atoms with E-state index in [1.54, 1.807) is 6.07 Å². The van der Waals surface area contributed by atoms with E-state index < -0.39 is 0 Å². The van der Waals surface area contributed by atoms with Crippen LogP contribution in [0.15, 0.2) is 34.8 Å². The second-order valence-corrected chi connectivity index (χ2v) is 10.2. The first-order valence-electron chi connectivity index (χ1n) is 12.0. The fourth-order valence-electron chi connectivity index (χ4n) is 4.73. The number of morpholine rings is 1. The number of nitrogens with zero attached hydrogens (tertiary/aromatic N) is 2. The predicted octanol–water partition coefficient (Wildman–Crippen LogP) is 4.73. The molecule has 6 nitrogen and oxygen atoms in total. The highest BCUT2D eigenvalue weighted by atomic mass is 79.9. The number of halogens is 2. The molecule has 0 unspecified atom stereocenters. The molecule has 0 bridgehead atoms. The number of rotatable bonds is 6. The monoisotopic (exact) mass is 532 g/mol. The third kappa shape index (κ3) is 5.73. The summed E-state index contributed by atoms with van der Waals surface area (Å²) in [4.78, 5) is 17.8. The fraction of sp³-hybridized carbons (Fsp3) is 0.500. The molecule has 2 aromatic carbocycles. The molecule has 0 spiro atoms. The Kier molecular flexibility index (Phi) is 8.11. The molecule has 2 N–H and O–H groups in total. The maximum absolute atomic E-state index is 15.3. The summed E-state index contributed by atoms with van der Waals surface area (Å²) in [6.45, 7) is 8.28. The van der Waals surface area contributed by atoms with Crippen LogP contribution in [-0.4, -0.2) is 63.3 Å². The lowest BCUT2D eigenvalue weighted by Gasteiger charge is -2.32. The maximum atomic E-state index is 15.3. The third-order valence-corrected chi connectivity index (χ3v) is 7.74. The lowest BCUT2D eigenvalue weighted by Crippen LogP contribution is -2.38. The van der Waals surface area contributed by atoms with E-state index in [-0.39, 0.29) is 23.8 Å². The van der Waals surface area contributed by atoms with Crippen LogP contribution in [0.2, 0.25) is 0 Å². The minimum Gasteiger partial charge on any atom is -0.381 e. The molecular weight excluding hydrogens is 499 g/mol. The molecule has 0 aromatic heterocycles. The van der Waals surface area contributed by atoms with Gasteiger partial charge in [0, 0.05) is 23.6 Å². The molecule has 184 valence electrons. The van der Waals surface area contributed by atoms with Crippen LogP contribution in [0.25, 0.3) is 0 Å². The van der Waals surface area contributed by atoms with Crippen molar-refractivity contribution in [2.75, 3.05) is 56.7 Å². The number of likely N-dealkylation sites (tertiary alicyclic amines) is 1. The van der Waals surface area contributed by atoms with Gasteiger partial charge >= 0.3 is 0 Å². The van der Waals surface area contributed by atoms with Crippen LogP contribution >= 0.6 is 15.9 Å². The van der Waals surface area contributed by atoms with Crippen LogP contribution in [0, 0.1) is 12.7 Å². The van der Waals surface area contributed by atoms with E-state index in [1.165, 1.54) is 6.07 Å². The van der Waals surface area contributed by atoms with Gasteiger partial charge in [0.05, 0.1) is 36.2 Å². The molecule has 2 saturated heterocycles. The van der Waals surface area contributed by atoms with Gasteiger partial charge in [-0.05, 0) is 76.2 Å². The Morgan fingerprint density at radius 3 is 2.59 bits per heavy atom.